The lowest BCUT2D eigenvalue weighted by molar-refractivity contribution is -0.387. The first-order valence-electron chi connectivity index (χ1n) is 7.44. The molecular formula is C15H22FN3O2. The molecule has 1 heterocycles. The molecule has 0 aromatic heterocycles. The summed E-state index contributed by atoms with van der Waals surface area (Å²) in [6.45, 7) is 7.54. The number of nitro groups is 1. The second-order valence-corrected chi connectivity index (χ2v) is 5.63. The van der Waals surface area contributed by atoms with E-state index in [0.29, 0.717) is 11.6 Å². The normalized spacial score (nSPS) is 18.4. The Labute approximate surface area is 124 Å². The number of benzene rings is 1. The van der Waals surface area contributed by atoms with Gasteiger partial charge in [-0.25, -0.2) is 0 Å². The van der Waals surface area contributed by atoms with E-state index in [2.05, 4.69) is 24.1 Å². The summed E-state index contributed by atoms with van der Waals surface area (Å²) in [7, 11) is 0. The molecule has 0 amide bonds. The number of nitrogens with zero attached hydrogens (tertiary/aromatic N) is 2. The molecule has 1 aromatic carbocycles. The number of likely N-dealkylation sites (tertiary alicyclic amines) is 1. The molecule has 0 radical (unpaired) electrons. The molecule has 116 valence electrons. The summed E-state index contributed by atoms with van der Waals surface area (Å²) >= 11 is 0. The number of hydrogen-bond donors (Lipinski definition) is 1. The van der Waals surface area contributed by atoms with Crippen LogP contribution in [0.3, 0.4) is 0 Å². The summed E-state index contributed by atoms with van der Waals surface area (Å²) in [5, 5.41) is 13.9. The fraction of sp³-hybridized carbons (Fsp3) is 0.600. The van der Waals surface area contributed by atoms with Gasteiger partial charge in [0.1, 0.15) is 0 Å². The smallest absolute Gasteiger partial charge is 0.304 e. The predicted octanol–water partition coefficient (Wildman–Crippen LogP) is 3.27. The van der Waals surface area contributed by atoms with Crippen molar-refractivity contribution in [1.29, 1.82) is 0 Å². The Kier molecular flexibility index (Phi) is 5.12. The van der Waals surface area contributed by atoms with Crippen molar-refractivity contribution in [3.63, 3.8) is 0 Å². The van der Waals surface area contributed by atoms with Crippen molar-refractivity contribution in [2.75, 3.05) is 25.0 Å². The summed E-state index contributed by atoms with van der Waals surface area (Å²) in [6.07, 6.45) is 2.24. The summed E-state index contributed by atoms with van der Waals surface area (Å²) < 4.78 is 13.6. The number of nitro benzene ring substituents is 1. The third kappa shape index (κ3) is 3.91. The Morgan fingerprint density at radius 1 is 1.48 bits per heavy atom. The first-order valence-corrected chi connectivity index (χ1v) is 7.44. The van der Waals surface area contributed by atoms with Crippen LogP contribution in [0.25, 0.3) is 0 Å². The number of halogens is 1. The monoisotopic (exact) mass is 295 g/mol. The standard InChI is InChI=1S/C15H22FN3O2/c1-3-18-8-6-12(7-9-18)11(2)17-13-4-5-15(19(20)21)14(16)10-13/h4-5,10-12,17H,3,6-9H2,1-2H3. The summed E-state index contributed by atoms with van der Waals surface area (Å²) in [5.41, 5.74) is 0.118. The van der Waals surface area contributed by atoms with Gasteiger partial charge >= 0.3 is 5.69 Å². The van der Waals surface area contributed by atoms with Gasteiger partial charge in [0.15, 0.2) is 0 Å². The van der Waals surface area contributed by atoms with Crippen LogP contribution in [0.5, 0.6) is 0 Å². The highest BCUT2D eigenvalue weighted by atomic mass is 19.1. The van der Waals surface area contributed by atoms with Crippen LogP contribution < -0.4 is 5.32 Å². The summed E-state index contributed by atoms with van der Waals surface area (Å²) in [5.74, 6) is -0.246. The van der Waals surface area contributed by atoms with E-state index >= 15 is 0 Å². The van der Waals surface area contributed by atoms with E-state index in [1.54, 1.807) is 6.07 Å². The van der Waals surface area contributed by atoms with Gasteiger partial charge in [0.25, 0.3) is 0 Å². The quantitative estimate of drug-likeness (QED) is 0.669. The highest BCUT2D eigenvalue weighted by Crippen LogP contribution is 2.25. The fourth-order valence-electron chi connectivity index (χ4n) is 2.89. The van der Waals surface area contributed by atoms with Crippen LogP contribution in [0.4, 0.5) is 15.8 Å². The average Bonchev–Trinajstić information content (AvgIpc) is 2.47. The Morgan fingerprint density at radius 2 is 2.14 bits per heavy atom. The minimum Gasteiger partial charge on any atom is -0.382 e. The third-order valence-electron chi connectivity index (χ3n) is 4.33. The van der Waals surface area contributed by atoms with E-state index in [-0.39, 0.29) is 6.04 Å². The van der Waals surface area contributed by atoms with Crippen LogP contribution in [-0.2, 0) is 0 Å². The molecule has 1 aliphatic heterocycles. The van der Waals surface area contributed by atoms with E-state index in [0.717, 1.165) is 32.5 Å². The lowest BCUT2D eigenvalue weighted by Crippen LogP contribution is -2.39. The second-order valence-electron chi connectivity index (χ2n) is 5.63. The molecule has 5 nitrogen and oxygen atoms in total. The van der Waals surface area contributed by atoms with Crippen LogP contribution in [0, 0.1) is 21.8 Å². The highest BCUT2D eigenvalue weighted by Gasteiger charge is 2.23. The van der Waals surface area contributed by atoms with Gasteiger partial charge in [-0.3, -0.25) is 10.1 Å². The number of nitrogens with one attached hydrogen (secondary N) is 1. The minimum absolute atomic E-state index is 0.227. The van der Waals surface area contributed by atoms with Crippen LogP contribution in [-0.4, -0.2) is 35.5 Å². The Hall–Kier alpha value is -1.69. The van der Waals surface area contributed by atoms with E-state index in [4.69, 9.17) is 0 Å². The van der Waals surface area contributed by atoms with E-state index in [1.807, 2.05) is 0 Å². The SMILES string of the molecule is CCN1CCC(C(C)Nc2ccc([N+](=O)[O-])c(F)c2)CC1. The van der Waals surface area contributed by atoms with Gasteiger partial charge in [-0.2, -0.15) is 4.39 Å². The predicted molar refractivity (Wildman–Crippen MR) is 81.0 cm³/mol. The molecule has 1 fully saturated rings. The first-order chi connectivity index (χ1) is 10.0. The highest BCUT2D eigenvalue weighted by molar-refractivity contribution is 5.50. The molecule has 0 spiro atoms. The van der Waals surface area contributed by atoms with Crippen molar-refractivity contribution in [1.82, 2.24) is 4.90 Å². The van der Waals surface area contributed by atoms with Crippen molar-refractivity contribution in [3.05, 3.63) is 34.1 Å². The molecule has 0 bridgehead atoms. The summed E-state index contributed by atoms with van der Waals surface area (Å²) in [6, 6.07) is 4.21. The number of anilines is 1. The molecule has 1 atom stereocenters. The van der Waals surface area contributed by atoms with E-state index in [9.17, 15) is 14.5 Å². The number of piperidine rings is 1. The fourth-order valence-corrected chi connectivity index (χ4v) is 2.89. The molecular weight excluding hydrogens is 273 g/mol. The van der Waals surface area contributed by atoms with Crippen molar-refractivity contribution in [2.45, 2.75) is 32.7 Å². The zero-order chi connectivity index (χ0) is 15.4. The molecule has 2 rings (SSSR count). The zero-order valence-electron chi connectivity index (χ0n) is 12.5. The van der Waals surface area contributed by atoms with Crippen LogP contribution in [0.1, 0.15) is 26.7 Å². The number of rotatable bonds is 5. The maximum Gasteiger partial charge on any atom is 0.304 e. The lowest BCUT2D eigenvalue weighted by Gasteiger charge is -2.34. The summed E-state index contributed by atoms with van der Waals surface area (Å²) in [4.78, 5) is 12.3. The van der Waals surface area contributed by atoms with Crippen LogP contribution >= 0.6 is 0 Å². The molecule has 1 aromatic rings. The average molecular weight is 295 g/mol. The Balaban J connectivity index is 1.95. The molecule has 1 N–H and O–H groups in total. The zero-order valence-corrected chi connectivity index (χ0v) is 12.5. The van der Waals surface area contributed by atoms with Crippen molar-refractivity contribution in [2.24, 2.45) is 5.92 Å². The molecule has 1 saturated heterocycles. The number of hydrogen-bond acceptors (Lipinski definition) is 4. The third-order valence-corrected chi connectivity index (χ3v) is 4.33. The largest absolute Gasteiger partial charge is 0.382 e. The maximum absolute atomic E-state index is 13.6. The second kappa shape index (κ2) is 6.85. The first kappa shape index (κ1) is 15.7. The van der Waals surface area contributed by atoms with Gasteiger partial charge in [0.05, 0.1) is 4.92 Å². The molecule has 1 aliphatic rings. The molecule has 1 unspecified atom stereocenters. The van der Waals surface area contributed by atoms with Gasteiger partial charge in [-0.05, 0) is 51.4 Å². The maximum atomic E-state index is 13.6. The van der Waals surface area contributed by atoms with E-state index < -0.39 is 16.4 Å². The molecule has 0 aliphatic carbocycles. The van der Waals surface area contributed by atoms with Crippen LogP contribution in [0.2, 0.25) is 0 Å². The van der Waals surface area contributed by atoms with Crippen molar-refractivity contribution >= 4 is 11.4 Å². The Morgan fingerprint density at radius 3 is 2.67 bits per heavy atom. The van der Waals surface area contributed by atoms with Crippen molar-refractivity contribution in [3.8, 4) is 0 Å². The Bertz CT molecular complexity index is 502. The van der Waals surface area contributed by atoms with Gasteiger partial charge in [-0.15, -0.1) is 0 Å². The van der Waals surface area contributed by atoms with E-state index in [1.165, 1.54) is 12.1 Å². The van der Waals surface area contributed by atoms with Crippen LogP contribution in [0.15, 0.2) is 18.2 Å². The lowest BCUT2D eigenvalue weighted by atomic mass is 9.90. The minimum atomic E-state index is -0.794. The van der Waals surface area contributed by atoms with Gasteiger partial charge < -0.3 is 10.2 Å². The molecule has 0 saturated carbocycles. The molecule has 6 heteroatoms. The van der Waals surface area contributed by atoms with Gasteiger partial charge in [-0.1, -0.05) is 6.92 Å². The van der Waals surface area contributed by atoms with Gasteiger partial charge in [0, 0.05) is 23.9 Å². The van der Waals surface area contributed by atoms with Gasteiger partial charge in [0.2, 0.25) is 5.82 Å². The topological polar surface area (TPSA) is 58.4 Å². The molecule has 21 heavy (non-hydrogen) atoms. The van der Waals surface area contributed by atoms with Crippen molar-refractivity contribution < 1.29 is 9.31 Å².